The lowest BCUT2D eigenvalue weighted by atomic mass is 9.93. The fourth-order valence-electron chi connectivity index (χ4n) is 3.77. The number of aryl methyl sites for hydroxylation is 1. The monoisotopic (exact) mass is 398 g/mol. The quantitative estimate of drug-likeness (QED) is 0.770. The molecule has 0 radical (unpaired) electrons. The van der Waals surface area contributed by atoms with E-state index in [9.17, 15) is 18.8 Å². The highest BCUT2D eigenvalue weighted by atomic mass is 19.1. The molecule has 0 aliphatic heterocycles. The number of nitrogens with zero attached hydrogens (tertiary/aromatic N) is 4. The zero-order valence-electron chi connectivity index (χ0n) is 16.3. The van der Waals surface area contributed by atoms with Gasteiger partial charge in [-0.25, -0.2) is 13.8 Å². The van der Waals surface area contributed by atoms with Crippen LogP contribution in [0.5, 0.6) is 0 Å². The van der Waals surface area contributed by atoms with Crippen molar-refractivity contribution in [2.24, 2.45) is 7.05 Å². The number of amides is 1. The second-order valence-corrected chi connectivity index (χ2v) is 7.38. The van der Waals surface area contributed by atoms with E-state index in [1.165, 1.54) is 25.4 Å². The first kappa shape index (κ1) is 20.5. The third kappa shape index (κ3) is 4.62. The second-order valence-electron chi connectivity index (χ2n) is 7.38. The van der Waals surface area contributed by atoms with E-state index in [1.54, 1.807) is 23.1 Å². The third-order valence-corrected chi connectivity index (χ3v) is 5.35. The Balaban J connectivity index is 1.92. The normalized spacial score (nSPS) is 14.4. The summed E-state index contributed by atoms with van der Waals surface area (Å²) in [4.78, 5) is 39.6. The van der Waals surface area contributed by atoms with Gasteiger partial charge in [0.2, 0.25) is 5.91 Å². The molecule has 1 fully saturated rings. The van der Waals surface area contributed by atoms with Crippen LogP contribution in [0.2, 0.25) is 0 Å². The van der Waals surface area contributed by atoms with Crippen LogP contribution in [0.3, 0.4) is 0 Å². The van der Waals surface area contributed by atoms with Crippen LogP contribution in [0, 0.1) is 17.1 Å². The van der Waals surface area contributed by atoms with Gasteiger partial charge in [-0.15, -0.1) is 0 Å². The minimum Gasteiger partial charge on any atom is -0.334 e. The average molecular weight is 398 g/mol. The first-order valence-electron chi connectivity index (χ1n) is 9.65. The van der Waals surface area contributed by atoms with Crippen molar-refractivity contribution in [1.29, 1.82) is 5.26 Å². The van der Waals surface area contributed by atoms with Crippen molar-refractivity contribution >= 4 is 5.91 Å². The Hall–Kier alpha value is -3.21. The summed E-state index contributed by atoms with van der Waals surface area (Å²) >= 11 is 0. The minimum atomic E-state index is -0.769. The second kappa shape index (κ2) is 8.86. The van der Waals surface area contributed by atoms with E-state index in [4.69, 9.17) is 5.26 Å². The smallest absolute Gasteiger partial charge is 0.331 e. The number of carbonyl (C=O) groups excluding carboxylic acids is 1. The van der Waals surface area contributed by atoms with Crippen molar-refractivity contribution in [3.63, 3.8) is 0 Å². The standard InChI is InChI=1S/C21H23FN4O3/c1-24-13-16(11-23)20(28)26(21(24)29)14-19(27)25(18-5-3-2-4-6-18)12-15-7-9-17(22)10-8-15/h7-10,13,18H,2-6,12,14H2,1H3. The van der Waals surface area contributed by atoms with E-state index in [0.717, 1.165) is 46.8 Å². The molecule has 0 unspecified atom stereocenters. The minimum absolute atomic E-state index is 0.00000612. The SMILES string of the molecule is Cn1cc(C#N)c(=O)n(CC(=O)N(Cc2ccc(F)cc2)C2CCCCC2)c1=O. The topological polar surface area (TPSA) is 88.1 Å². The summed E-state index contributed by atoms with van der Waals surface area (Å²) in [5.41, 5.74) is -0.832. The lowest BCUT2D eigenvalue weighted by molar-refractivity contribution is -0.135. The maximum absolute atomic E-state index is 13.2. The van der Waals surface area contributed by atoms with E-state index in [0.29, 0.717) is 0 Å². The molecule has 29 heavy (non-hydrogen) atoms. The summed E-state index contributed by atoms with van der Waals surface area (Å²) in [7, 11) is 1.43. The molecule has 0 atom stereocenters. The Kier molecular flexibility index (Phi) is 6.27. The molecule has 1 aliphatic rings. The number of hydrogen-bond acceptors (Lipinski definition) is 4. The van der Waals surface area contributed by atoms with Crippen molar-refractivity contribution in [2.45, 2.75) is 51.2 Å². The summed E-state index contributed by atoms with van der Waals surface area (Å²) in [6, 6.07) is 7.70. The van der Waals surface area contributed by atoms with E-state index in [2.05, 4.69) is 0 Å². The first-order valence-corrected chi connectivity index (χ1v) is 9.65. The molecule has 1 aliphatic carbocycles. The molecule has 3 rings (SSSR count). The van der Waals surface area contributed by atoms with Gasteiger partial charge in [-0.1, -0.05) is 31.4 Å². The molecule has 0 saturated heterocycles. The van der Waals surface area contributed by atoms with Crippen LogP contribution < -0.4 is 11.2 Å². The number of hydrogen-bond donors (Lipinski definition) is 0. The van der Waals surface area contributed by atoms with Gasteiger partial charge in [0.1, 0.15) is 24.0 Å². The molecule has 2 aromatic rings. The summed E-state index contributed by atoms with van der Waals surface area (Å²) < 4.78 is 15.2. The van der Waals surface area contributed by atoms with E-state index < -0.39 is 17.8 Å². The highest BCUT2D eigenvalue weighted by molar-refractivity contribution is 5.76. The Morgan fingerprint density at radius 3 is 2.48 bits per heavy atom. The van der Waals surface area contributed by atoms with Crippen LogP contribution >= 0.6 is 0 Å². The molecular formula is C21H23FN4O3. The molecule has 1 amide bonds. The lowest BCUT2D eigenvalue weighted by Crippen LogP contribution is -2.47. The van der Waals surface area contributed by atoms with Gasteiger partial charge in [0.05, 0.1) is 0 Å². The van der Waals surface area contributed by atoms with Crippen molar-refractivity contribution in [2.75, 3.05) is 0 Å². The van der Waals surface area contributed by atoms with Gasteiger partial charge in [-0.2, -0.15) is 5.26 Å². The predicted octanol–water partition coefficient (Wildman–Crippen LogP) is 1.92. The van der Waals surface area contributed by atoms with Crippen LogP contribution in [-0.2, 0) is 24.9 Å². The summed E-state index contributed by atoms with van der Waals surface area (Å²) in [5, 5.41) is 9.12. The molecule has 1 aromatic heterocycles. The number of aromatic nitrogens is 2. The number of nitriles is 1. The molecule has 1 saturated carbocycles. The van der Waals surface area contributed by atoms with Gasteiger partial charge < -0.3 is 9.47 Å². The van der Waals surface area contributed by atoms with Crippen LogP contribution in [-0.4, -0.2) is 26.0 Å². The Bertz CT molecular complexity index is 1040. The Labute approximate surface area is 167 Å². The molecule has 0 bridgehead atoms. The predicted molar refractivity (Wildman–Crippen MR) is 104 cm³/mol. The number of rotatable bonds is 5. The number of carbonyl (C=O) groups is 1. The van der Waals surface area contributed by atoms with Crippen molar-refractivity contribution < 1.29 is 9.18 Å². The van der Waals surface area contributed by atoms with Gasteiger partial charge >= 0.3 is 5.69 Å². The van der Waals surface area contributed by atoms with Gasteiger partial charge in [0.25, 0.3) is 5.56 Å². The largest absolute Gasteiger partial charge is 0.334 e. The van der Waals surface area contributed by atoms with Gasteiger partial charge in [-0.3, -0.25) is 9.59 Å². The molecule has 0 spiro atoms. The third-order valence-electron chi connectivity index (χ3n) is 5.35. The van der Waals surface area contributed by atoms with Gasteiger partial charge in [0, 0.05) is 25.8 Å². The average Bonchev–Trinajstić information content (AvgIpc) is 2.73. The van der Waals surface area contributed by atoms with Gasteiger partial charge in [0.15, 0.2) is 0 Å². The van der Waals surface area contributed by atoms with E-state index >= 15 is 0 Å². The fourth-order valence-corrected chi connectivity index (χ4v) is 3.77. The summed E-state index contributed by atoms with van der Waals surface area (Å²) in [5.74, 6) is -0.719. The highest BCUT2D eigenvalue weighted by Gasteiger charge is 2.27. The summed E-state index contributed by atoms with van der Waals surface area (Å²) in [6.45, 7) is -0.157. The van der Waals surface area contributed by atoms with Crippen molar-refractivity contribution in [3.05, 3.63) is 68.2 Å². The molecule has 7 nitrogen and oxygen atoms in total. The zero-order valence-corrected chi connectivity index (χ0v) is 16.3. The molecule has 1 heterocycles. The summed E-state index contributed by atoms with van der Waals surface area (Å²) in [6.07, 6.45) is 5.98. The van der Waals surface area contributed by atoms with Crippen molar-refractivity contribution in [3.8, 4) is 6.07 Å². The highest BCUT2D eigenvalue weighted by Crippen LogP contribution is 2.24. The Morgan fingerprint density at radius 1 is 1.21 bits per heavy atom. The molecule has 1 aromatic carbocycles. The number of benzene rings is 1. The maximum Gasteiger partial charge on any atom is 0.331 e. The van der Waals surface area contributed by atoms with E-state index in [1.807, 2.05) is 0 Å². The zero-order chi connectivity index (χ0) is 21.0. The fraction of sp³-hybridized carbons (Fsp3) is 0.429. The van der Waals surface area contributed by atoms with Crippen LogP contribution in [0.4, 0.5) is 4.39 Å². The number of halogens is 1. The lowest BCUT2D eigenvalue weighted by Gasteiger charge is -2.34. The molecular weight excluding hydrogens is 375 g/mol. The van der Waals surface area contributed by atoms with Crippen LogP contribution in [0.25, 0.3) is 0 Å². The van der Waals surface area contributed by atoms with Gasteiger partial charge in [-0.05, 0) is 30.5 Å². The molecule has 0 N–H and O–H groups in total. The van der Waals surface area contributed by atoms with Crippen LogP contribution in [0.1, 0.15) is 43.2 Å². The van der Waals surface area contributed by atoms with Crippen molar-refractivity contribution in [1.82, 2.24) is 14.0 Å². The Morgan fingerprint density at radius 2 is 1.86 bits per heavy atom. The van der Waals surface area contributed by atoms with E-state index in [-0.39, 0.29) is 29.9 Å². The van der Waals surface area contributed by atoms with Crippen LogP contribution in [0.15, 0.2) is 40.1 Å². The molecule has 152 valence electrons. The molecule has 8 heteroatoms. The maximum atomic E-state index is 13.2. The first-order chi connectivity index (χ1) is 13.9.